The van der Waals surface area contributed by atoms with E-state index in [4.69, 9.17) is 4.74 Å². The Hall–Kier alpha value is -2.07. The maximum absolute atomic E-state index is 12.2. The van der Waals surface area contributed by atoms with Crippen molar-refractivity contribution in [2.24, 2.45) is 0 Å². The highest BCUT2D eigenvalue weighted by atomic mass is 127. The number of thioether (sulfide) groups is 1. The highest BCUT2D eigenvalue weighted by molar-refractivity contribution is 14.1. The van der Waals surface area contributed by atoms with Gasteiger partial charge >= 0.3 is 0 Å². The maximum Gasteiger partial charge on any atom is 0.234 e. The van der Waals surface area contributed by atoms with Crippen LogP contribution in [0.15, 0.2) is 53.7 Å². The molecule has 0 saturated heterocycles. The second kappa shape index (κ2) is 9.23. The topological polar surface area (TPSA) is 69.0 Å². The minimum Gasteiger partial charge on any atom is -0.496 e. The quantitative estimate of drug-likeness (QED) is 0.392. The molecule has 3 rings (SSSR count). The molecule has 1 N–H and O–H groups in total. The second-order valence-electron chi connectivity index (χ2n) is 5.59. The first-order valence-electron chi connectivity index (χ1n) is 8.37. The summed E-state index contributed by atoms with van der Waals surface area (Å²) in [5.41, 5.74) is 1.66. The number of benzene rings is 2. The number of hydrogen-bond acceptors (Lipinski definition) is 5. The second-order valence-corrected chi connectivity index (χ2v) is 7.78. The lowest BCUT2D eigenvalue weighted by Crippen LogP contribution is -2.14. The van der Waals surface area contributed by atoms with E-state index in [1.807, 2.05) is 60.0 Å². The molecule has 0 saturated carbocycles. The van der Waals surface area contributed by atoms with E-state index in [0.717, 1.165) is 26.4 Å². The summed E-state index contributed by atoms with van der Waals surface area (Å²) in [6.07, 6.45) is 0. The van der Waals surface area contributed by atoms with Crippen LogP contribution in [0.3, 0.4) is 0 Å². The molecule has 1 aromatic heterocycles. The summed E-state index contributed by atoms with van der Waals surface area (Å²) < 4.78 is 8.54. The van der Waals surface area contributed by atoms with Crippen molar-refractivity contribution in [1.29, 1.82) is 0 Å². The zero-order chi connectivity index (χ0) is 19.2. The lowest BCUT2D eigenvalue weighted by Gasteiger charge is -2.10. The summed E-state index contributed by atoms with van der Waals surface area (Å²) in [7, 11) is 1.64. The Kier molecular flexibility index (Phi) is 6.73. The summed E-state index contributed by atoms with van der Waals surface area (Å²) in [6.45, 7) is 2.72. The van der Waals surface area contributed by atoms with Crippen LogP contribution < -0.4 is 10.1 Å². The van der Waals surface area contributed by atoms with E-state index < -0.39 is 0 Å². The number of nitrogens with one attached hydrogen (secondary N) is 1. The van der Waals surface area contributed by atoms with Gasteiger partial charge in [0, 0.05) is 15.8 Å². The van der Waals surface area contributed by atoms with Crippen molar-refractivity contribution in [3.8, 4) is 17.1 Å². The first-order chi connectivity index (χ1) is 13.1. The summed E-state index contributed by atoms with van der Waals surface area (Å²) >= 11 is 3.60. The van der Waals surface area contributed by atoms with Gasteiger partial charge in [0.25, 0.3) is 0 Å². The number of nitrogens with zero attached hydrogens (tertiary/aromatic N) is 3. The first kappa shape index (κ1) is 19.7. The number of amides is 1. The molecule has 0 radical (unpaired) electrons. The van der Waals surface area contributed by atoms with Crippen molar-refractivity contribution >= 4 is 45.9 Å². The van der Waals surface area contributed by atoms with Crippen LogP contribution in [-0.4, -0.2) is 33.5 Å². The molecule has 0 aliphatic carbocycles. The molecule has 6 nitrogen and oxygen atoms in total. The summed E-state index contributed by atoms with van der Waals surface area (Å²) in [5, 5.41) is 12.2. The van der Waals surface area contributed by atoms with Crippen LogP contribution in [0.25, 0.3) is 11.4 Å². The molecule has 1 amide bonds. The Morgan fingerprint density at radius 3 is 2.63 bits per heavy atom. The fraction of sp³-hybridized carbons (Fsp3) is 0.211. The molecule has 1 heterocycles. The van der Waals surface area contributed by atoms with Gasteiger partial charge in [-0.1, -0.05) is 23.9 Å². The van der Waals surface area contributed by atoms with E-state index in [1.165, 1.54) is 11.8 Å². The van der Waals surface area contributed by atoms with Crippen LogP contribution >= 0.6 is 34.4 Å². The van der Waals surface area contributed by atoms with Gasteiger partial charge in [-0.3, -0.25) is 4.79 Å². The van der Waals surface area contributed by atoms with Crippen molar-refractivity contribution in [3.63, 3.8) is 0 Å². The molecule has 0 aliphatic rings. The average molecular weight is 494 g/mol. The number of anilines is 1. The molecular weight excluding hydrogens is 475 g/mol. The molecule has 0 spiro atoms. The number of aromatic nitrogens is 3. The van der Waals surface area contributed by atoms with Crippen LogP contribution in [0.1, 0.15) is 6.92 Å². The molecule has 3 aromatic rings. The molecule has 2 aromatic carbocycles. The molecular formula is C19H19IN4O2S. The SMILES string of the molecule is CCn1c(SCC(=O)Nc2ccc(I)cc2)nnc1-c1ccccc1OC. The minimum absolute atomic E-state index is 0.0781. The van der Waals surface area contributed by atoms with Gasteiger partial charge in [0.1, 0.15) is 5.75 Å². The normalized spacial score (nSPS) is 10.6. The van der Waals surface area contributed by atoms with E-state index in [-0.39, 0.29) is 11.7 Å². The zero-order valence-electron chi connectivity index (χ0n) is 15.0. The number of carbonyl (C=O) groups excluding carboxylic acids is 1. The van der Waals surface area contributed by atoms with Crippen LogP contribution in [0, 0.1) is 3.57 Å². The molecule has 0 bridgehead atoms. The lowest BCUT2D eigenvalue weighted by molar-refractivity contribution is -0.113. The predicted molar refractivity (Wildman–Crippen MR) is 116 cm³/mol. The van der Waals surface area contributed by atoms with Crippen molar-refractivity contribution in [2.75, 3.05) is 18.2 Å². The van der Waals surface area contributed by atoms with Crippen molar-refractivity contribution in [2.45, 2.75) is 18.6 Å². The highest BCUT2D eigenvalue weighted by Gasteiger charge is 2.17. The number of methoxy groups -OCH3 is 1. The van der Waals surface area contributed by atoms with Gasteiger partial charge in [-0.05, 0) is 65.9 Å². The average Bonchev–Trinajstić information content (AvgIpc) is 3.10. The smallest absolute Gasteiger partial charge is 0.234 e. The number of para-hydroxylation sites is 1. The highest BCUT2D eigenvalue weighted by Crippen LogP contribution is 2.30. The van der Waals surface area contributed by atoms with Crippen molar-refractivity contribution in [1.82, 2.24) is 14.8 Å². The van der Waals surface area contributed by atoms with E-state index in [0.29, 0.717) is 11.7 Å². The van der Waals surface area contributed by atoms with Gasteiger partial charge < -0.3 is 14.6 Å². The van der Waals surface area contributed by atoms with E-state index in [2.05, 4.69) is 38.1 Å². The van der Waals surface area contributed by atoms with Gasteiger partial charge in [-0.25, -0.2) is 0 Å². The summed E-state index contributed by atoms with van der Waals surface area (Å²) in [4.78, 5) is 12.2. The molecule has 0 fully saturated rings. The molecule has 8 heteroatoms. The standard InChI is InChI=1S/C19H19IN4O2S/c1-3-24-18(15-6-4-5-7-16(15)26-2)22-23-19(24)27-12-17(25)21-14-10-8-13(20)9-11-14/h4-11H,3,12H2,1-2H3,(H,21,25). The largest absolute Gasteiger partial charge is 0.496 e. The zero-order valence-corrected chi connectivity index (χ0v) is 18.0. The monoisotopic (exact) mass is 494 g/mol. The summed E-state index contributed by atoms with van der Waals surface area (Å²) in [6, 6.07) is 15.4. The van der Waals surface area contributed by atoms with E-state index >= 15 is 0 Å². The first-order valence-corrected chi connectivity index (χ1v) is 10.4. The molecule has 0 atom stereocenters. The molecule has 140 valence electrons. The number of halogens is 1. The van der Waals surface area contributed by atoms with E-state index in [1.54, 1.807) is 7.11 Å². The number of ether oxygens (including phenoxy) is 1. The van der Waals surface area contributed by atoms with Gasteiger partial charge in [0.15, 0.2) is 11.0 Å². The number of hydrogen-bond donors (Lipinski definition) is 1. The number of rotatable bonds is 7. The van der Waals surface area contributed by atoms with Crippen LogP contribution in [0.2, 0.25) is 0 Å². The lowest BCUT2D eigenvalue weighted by atomic mass is 10.2. The molecule has 0 unspecified atom stereocenters. The molecule has 27 heavy (non-hydrogen) atoms. The third-order valence-electron chi connectivity index (χ3n) is 3.84. The van der Waals surface area contributed by atoms with Crippen LogP contribution in [0.5, 0.6) is 5.75 Å². The third-order valence-corrected chi connectivity index (χ3v) is 5.53. The fourth-order valence-electron chi connectivity index (χ4n) is 2.57. The Bertz CT molecular complexity index is 928. The van der Waals surface area contributed by atoms with Gasteiger partial charge in [0.05, 0.1) is 18.4 Å². The van der Waals surface area contributed by atoms with Crippen molar-refractivity contribution < 1.29 is 9.53 Å². The third kappa shape index (κ3) is 4.81. The Labute approximate surface area is 175 Å². The van der Waals surface area contributed by atoms with Crippen LogP contribution in [-0.2, 0) is 11.3 Å². The van der Waals surface area contributed by atoms with Gasteiger partial charge in [0.2, 0.25) is 5.91 Å². The Morgan fingerprint density at radius 1 is 1.19 bits per heavy atom. The van der Waals surface area contributed by atoms with E-state index in [9.17, 15) is 4.79 Å². The Morgan fingerprint density at radius 2 is 1.93 bits per heavy atom. The summed E-state index contributed by atoms with van der Waals surface area (Å²) in [5.74, 6) is 1.66. The van der Waals surface area contributed by atoms with Crippen molar-refractivity contribution in [3.05, 3.63) is 52.1 Å². The van der Waals surface area contributed by atoms with Crippen LogP contribution in [0.4, 0.5) is 5.69 Å². The Balaban J connectivity index is 1.71. The minimum atomic E-state index is -0.0781. The van der Waals surface area contributed by atoms with Gasteiger partial charge in [-0.15, -0.1) is 10.2 Å². The predicted octanol–water partition coefficient (Wildman–Crippen LogP) is 4.31. The number of carbonyl (C=O) groups is 1. The molecule has 0 aliphatic heterocycles. The maximum atomic E-state index is 12.2. The van der Waals surface area contributed by atoms with Gasteiger partial charge in [-0.2, -0.15) is 0 Å². The fourth-order valence-corrected chi connectivity index (χ4v) is 3.73.